The van der Waals surface area contributed by atoms with Crippen LogP contribution in [-0.2, 0) is 15.5 Å². The molecule has 2 fully saturated rings. The average Bonchev–Trinajstić information content (AvgIpc) is 3.43. The smallest absolute Gasteiger partial charge is 0.352 e. The summed E-state index contributed by atoms with van der Waals surface area (Å²) in [5.74, 6) is -5.75. The largest absolute Gasteiger partial charge is 0.370 e. The van der Waals surface area contributed by atoms with E-state index >= 15 is 8.78 Å². The molecule has 0 aliphatic carbocycles. The maximum Gasteiger partial charge on any atom is 0.352 e. The van der Waals surface area contributed by atoms with Crippen molar-refractivity contribution in [1.29, 1.82) is 5.26 Å². The lowest BCUT2D eigenvalue weighted by atomic mass is 9.96. The third-order valence-electron chi connectivity index (χ3n) is 6.52. The lowest BCUT2D eigenvalue weighted by Gasteiger charge is -2.46. The molecule has 0 bridgehead atoms. The number of rotatable bonds is 4. The van der Waals surface area contributed by atoms with E-state index in [9.17, 15) is 14.4 Å². The number of nitrogens with zero attached hydrogens (tertiary/aromatic N) is 9. The monoisotopic (exact) mass is 499 g/mol. The zero-order valence-corrected chi connectivity index (χ0v) is 19.1. The molecule has 11 nitrogen and oxygen atoms in total. The van der Waals surface area contributed by atoms with Crippen LogP contribution in [0.3, 0.4) is 0 Å². The van der Waals surface area contributed by atoms with E-state index in [4.69, 9.17) is 4.74 Å². The first-order chi connectivity index (χ1) is 17.3. The van der Waals surface area contributed by atoms with Crippen LogP contribution in [0.4, 0.5) is 13.2 Å². The number of amides is 1. The van der Waals surface area contributed by atoms with Crippen molar-refractivity contribution >= 4 is 5.91 Å². The summed E-state index contributed by atoms with van der Waals surface area (Å²) in [4.78, 5) is 23.6. The van der Waals surface area contributed by atoms with Gasteiger partial charge in [0.2, 0.25) is 0 Å². The number of nitriles is 1. The van der Waals surface area contributed by atoms with Crippen molar-refractivity contribution in [3.63, 3.8) is 0 Å². The molecule has 3 aromatic rings. The molecule has 2 aliphatic rings. The molecule has 0 spiro atoms. The summed E-state index contributed by atoms with van der Waals surface area (Å²) in [6, 6.07) is 4.45. The predicted octanol–water partition coefficient (Wildman–Crippen LogP) is 1.15. The van der Waals surface area contributed by atoms with Gasteiger partial charge in [0.1, 0.15) is 18.2 Å². The highest BCUT2D eigenvalue weighted by atomic mass is 19.3. The number of halogens is 3. The number of carbonyl (C=O) groups excluding carboxylic acids is 1. The van der Waals surface area contributed by atoms with Gasteiger partial charge in [-0.2, -0.15) is 18.7 Å². The Morgan fingerprint density at radius 3 is 2.69 bits per heavy atom. The van der Waals surface area contributed by atoms with Gasteiger partial charge < -0.3 is 9.64 Å². The highest BCUT2D eigenvalue weighted by Crippen LogP contribution is 2.33. The van der Waals surface area contributed by atoms with Crippen LogP contribution in [0.5, 0.6) is 0 Å². The number of benzene rings is 1. The SMILES string of the molecule is Cc1c([C@H]2CN3CCN(C(=O)C(F)(F)c4cnc(-n5cnnn5)nc4)C[C@H]3CO2)ccc(F)c1C#N. The molecule has 5 rings (SSSR count). The molecular weight excluding hydrogens is 479 g/mol. The summed E-state index contributed by atoms with van der Waals surface area (Å²) in [5, 5.41) is 19.7. The minimum atomic E-state index is -3.82. The first-order valence-electron chi connectivity index (χ1n) is 11.1. The highest BCUT2D eigenvalue weighted by molar-refractivity contribution is 5.84. The number of hydrogen-bond acceptors (Lipinski definition) is 9. The normalized spacial score (nSPS) is 20.6. The Labute approximate surface area is 203 Å². The van der Waals surface area contributed by atoms with Gasteiger partial charge in [-0.15, -0.1) is 5.10 Å². The summed E-state index contributed by atoms with van der Waals surface area (Å²) in [6.45, 7) is 2.84. The third-order valence-corrected chi connectivity index (χ3v) is 6.52. The molecule has 2 saturated heterocycles. The van der Waals surface area contributed by atoms with Gasteiger partial charge in [0.05, 0.1) is 29.9 Å². The summed E-state index contributed by atoms with van der Waals surface area (Å²) >= 11 is 0. The van der Waals surface area contributed by atoms with Gasteiger partial charge in [-0.25, -0.2) is 14.4 Å². The molecule has 2 aliphatic heterocycles. The Morgan fingerprint density at radius 2 is 2.00 bits per heavy atom. The van der Waals surface area contributed by atoms with Crippen molar-refractivity contribution in [2.24, 2.45) is 0 Å². The second kappa shape index (κ2) is 9.25. The maximum atomic E-state index is 15.0. The zero-order valence-electron chi connectivity index (χ0n) is 19.1. The van der Waals surface area contributed by atoms with E-state index < -0.39 is 29.3 Å². The van der Waals surface area contributed by atoms with Gasteiger partial charge in [-0.3, -0.25) is 9.69 Å². The molecule has 0 radical (unpaired) electrons. The van der Waals surface area contributed by atoms with Gasteiger partial charge in [0.15, 0.2) is 0 Å². The Kier molecular flexibility index (Phi) is 6.10. The number of ether oxygens (including phenoxy) is 1. The van der Waals surface area contributed by atoms with Crippen LogP contribution in [0.2, 0.25) is 0 Å². The molecule has 14 heteroatoms. The van der Waals surface area contributed by atoms with Crippen LogP contribution in [-0.4, -0.2) is 84.7 Å². The minimum Gasteiger partial charge on any atom is -0.370 e. The number of alkyl halides is 2. The lowest BCUT2D eigenvalue weighted by Crippen LogP contribution is -2.61. The zero-order chi connectivity index (χ0) is 25.4. The number of carbonyl (C=O) groups is 1. The fourth-order valence-corrected chi connectivity index (χ4v) is 4.51. The van der Waals surface area contributed by atoms with Crippen LogP contribution in [0, 0.1) is 24.1 Å². The third kappa shape index (κ3) is 4.16. The second-order valence-electron chi connectivity index (χ2n) is 8.57. The fourth-order valence-electron chi connectivity index (χ4n) is 4.51. The van der Waals surface area contributed by atoms with E-state index in [0.29, 0.717) is 24.2 Å². The molecule has 186 valence electrons. The molecular formula is C22H20F3N9O2. The van der Waals surface area contributed by atoms with Crippen LogP contribution in [0.25, 0.3) is 5.95 Å². The maximum absolute atomic E-state index is 15.0. The van der Waals surface area contributed by atoms with E-state index in [1.165, 1.54) is 12.4 Å². The predicted molar refractivity (Wildman–Crippen MR) is 115 cm³/mol. The summed E-state index contributed by atoms with van der Waals surface area (Å²) < 4.78 is 51.1. The Morgan fingerprint density at radius 1 is 1.22 bits per heavy atom. The van der Waals surface area contributed by atoms with Crippen molar-refractivity contribution in [3.8, 4) is 12.0 Å². The minimum absolute atomic E-state index is 0.00666. The second-order valence-corrected chi connectivity index (χ2v) is 8.57. The fraction of sp³-hybridized carbons (Fsp3) is 0.409. The summed E-state index contributed by atoms with van der Waals surface area (Å²) in [7, 11) is 0. The highest BCUT2D eigenvalue weighted by Gasteiger charge is 2.47. The van der Waals surface area contributed by atoms with Crippen molar-refractivity contribution < 1.29 is 22.7 Å². The van der Waals surface area contributed by atoms with Gasteiger partial charge in [0.25, 0.3) is 11.9 Å². The van der Waals surface area contributed by atoms with Crippen molar-refractivity contribution in [2.45, 2.75) is 25.0 Å². The van der Waals surface area contributed by atoms with E-state index in [0.717, 1.165) is 22.0 Å². The quantitative estimate of drug-likeness (QED) is 0.520. The van der Waals surface area contributed by atoms with Crippen LogP contribution < -0.4 is 0 Å². The van der Waals surface area contributed by atoms with Crippen molar-refractivity contribution in [1.82, 2.24) is 40.0 Å². The molecule has 2 atom stereocenters. The molecule has 0 unspecified atom stereocenters. The number of tetrazole rings is 1. The van der Waals surface area contributed by atoms with E-state index in [1.807, 2.05) is 6.07 Å². The molecule has 2 aromatic heterocycles. The van der Waals surface area contributed by atoms with Crippen LogP contribution in [0.15, 0.2) is 30.9 Å². The topological polar surface area (TPSA) is 126 Å². The van der Waals surface area contributed by atoms with Crippen molar-refractivity contribution in [2.75, 3.05) is 32.8 Å². The molecule has 36 heavy (non-hydrogen) atoms. The number of piperazine rings is 1. The van der Waals surface area contributed by atoms with E-state index in [-0.39, 0.29) is 37.3 Å². The van der Waals surface area contributed by atoms with Gasteiger partial charge >= 0.3 is 5.92 Å². The summed E-state index contributed by atoms with van der Waals surface area (Å²) in [5.41, 5.74) is 0.571. The Hall–Kier alpha value is -3.96. The standard InChI is InChI=1S/C22H20F3N9O2/c1-13-16(2-3-18(23)17(13)6-26)19-10-32-4-5-33(9-15(32)11-36-19)20(35)22(24,25)14-7-27-21(28-8-14)34-12-29-30-31-34/h2-3,7-8,12,15,19H,4-5,9-11H2,1H3/t15-,19+/m0/s1. The summed E-state index contributed by atoms with van der Waals surface area (Å²) in [6.07, 6.45) is 2.59. The van der Waals surface area contributed by atoms with E-state index in [2.05, 4.69) is 30.4 Å². The number of morpholine rings is 1. The number of hydrogen-bond donors (Lipinski definition) is 0. The molecule has 4 heterocycles. The Balaban J connectivity index is 1.25. The number of aromatic nitrogens is 6. The van der Waals surface area contributed by atoms with Gasteiger partial charge in [-0.05, 0) is 34.5 Å². The number of fused-ring (bicyclic) bond motifs is 1. The van der Waals surface area contributed by atoms with Crippen LogP contribution in [0.1, 0.15) is 28.4 Å². The molecule has 1 aromatic carbocycles. The molecule has 1 amide bonds. The average molecular weight is 499 g/mol. The Bertz CT molecular complexity index is 1310. The van der Waals surface area contributed by atoms with Crippen molar-refractivity contribution in [3.05, 3.63) is 58.9 Å². The van der Waals surface area contributed by atoms with Gasteiger partial charge in [-0.1, -0.05) is 6.07 Å². The molecule has 0 N–H and O–H groups in total. The first-order valence-corrected chi connectivity index (χ1v) is 11.1. The van der Waals surface area contributed by atoms with Gasteiger partial charge in [0, 0.05) is 38.6 Å². The first kappa shape index (κ1) is 23.8. The molecule has 0 saturated carbocycles. The van der Waals surface area contributed by atoms with E-state index in [1.54, 1.807) is 13.0 Å². The lowest BCUT2D eigenvalue weighted by molar-refractivity contribution is -0.166. The van der Waals surface area contributed by atoms with Crippen LogP contribution >= 0.6 is 0 Å².